The largest absolute Gasteiger partial charge is 0.392 e. The number of carbonyl (C=O) groups is 1. The molecule has 1 unspecified atom stereocenters. The molecule has 2 N–H and O–H groups in total. The molecule has 5 heteroatoms. The van der Waals surface area contributed by atoms with Crippen molar-refractivity contribution in [2.45, 2.75) is 26.0 Å². The molecule has 1 heterocycles. The van der Waals surface area contributed by atoms with Gasteiger partial charge in [0.25, 0.3) is 0 Å². The van der Waals surface area contributed by atoms with Gasteiger partial charge in [-0.15, -0.1) is 0 Å². The van der Waals surface area contributed by atoms with E-state index < -0.39 is 0 Å². The summed E-state index contributed by atoms with van der Waals surface area (Å²) in [6, 6.07) is 15.2. The first-order valence-electron chi connectivity index (χ1n) is 8.07. The second-order valence-corrected chi connectivity index (χ2v) is 5.83. The highest BCUT2D eigenvalue weighted by atomic mass is 16.3. The maximum Gasteiger partial charge on any atom is 0.242 e. The molecule has 3 aromatic rings. The van der Waals surface area contributed by atoms with Crippen LogP contribution in [0.5, 0.6) is 0 Å². The minimum absolute atomic E-state index is 0.0230. The number of amides is 1. The molecular weight excluding hydrogens is 302 g/mol. The molecule has 0 saturated heterocycles. The van der Waals surface area contributed by atoms with Crippen molar-refractivity contribution in [2.24, 2.45) is 0 Å². The van der Waals surface area contributed by atoms with Gasteiger partial charge in [0.2, 0.25) is 5.91 Å². The number of fused-ring (bicyclic) bond motifs is 1. The van der Waals surface area contributed by atoms with Gasteiger partial charge in [0.15, 0.2) is 0 Å². The van der Waals surface area contributed by atoms with Crippen LogP contribution in [-0.2, 0) is 17.8 Å². The highest BCUT2D eigenvalue weighted by Gasteiger charge is 2.16. The number of nitrogens with one attached hydrogen (secondary N) is 1. The van der Waals surface area contributed by atoms with Crippen LogP contribution < -0.4 is 5.32 Å². The summed E-state index contributed by atoms with van der Waals surface area (Å²) in [5.74, 6) is -0.0230. The van der Waals surface area contributed by atoms with Crippen LogP contribution in [0.4, 0.5) is 0 Å². The fourth-order valence-corrected chi connectivity index (χ4v) is 2.70. The third-order valence-corrected chi connectivity index (χ3v) is 4.20. The fourth-order valence-electron chi connectivity index (χ4n) is 2.70. The molecule has 1 atom stereocenters. The molecule has 0 aliphatic carbocycles. The first-order chi connectivity index (χ1) is 11.7. The summed E-state index contributed by atoms with van der Waals surface area (Å²) < 4.78 is 1.89. The molecule has 0 bridgehead atoms. The maximum absolute atomic E-state index is 12.4. The Hall–Kier alpha value is -2.66. The van der Waals surface area contributed by atoms with Crippen LogP contribution in [0.2, 0.25) is 0 Å². The third kappa shape index (κ3) is 3.46. The highest BCUT2D eigenvalue weighted by Crippen LogP contribution is 2.17. The number of hydrogen-bond donors (Lipinski definition) is 2. The predicted molar refractivity (Wildman–Crippen MR) is 93.5 cm³/mol. The second kappa shape index (κ2) is 7.27. The zero-order valence-electron chi connectivity index (χ0n) is 13.6. The van der Waals surface area contributed by atoms with Gasteiger partial charge in [-0.1, -0.05) is 36.4 Å². The van der Waals surface area contributed by atoms with Crippen LogP contribution >= 0.6 is 0 Å². The molecule has 0 aliphatic rings. The number of carbonyl (C=O) groups excluding carboxylic acids is 1. The average Bonchev–Trinajstić information content (AvgIpc) is 3.05. The van der Waals surface area contributed by atoms with E-state index in [1.165, 1.54) is 0 Å². The van der Waals surface area contributed by atoms with E-state index in [1.54, 1.807) is 6.33 Å². The van der Waals surface area contributed by atoms with Crippen molar-refractivity contribution in [3.63, 3.8) is 0 Å². The van der Waals surface area contributed by atoms with E-state index in [1.807, 2.05) is 60.0 Å². The van der Waals surface area contributed by atoms with Crippen LogP contribution in [-0.4, -0.2) is 27.1 Å². The van der Waals surface area contributed by atoms with Crippen LogP contribution in [0.1, 0.15) is 24.1 Å². The van der Waals surface area contributed by atoms with Gasteiger partial charge in [-0.3, -0.25) is 4.79 Å². The molecule has 0 saturated carbocycles. The van der Waals surface area contributed by atoms with E-state index in [0.717, 1.165) is 28.6 Å². The van der Waals surface area contributed by atoms with E-state index in [-0.39, 0.29) is 18.6 Å². The first-order valence-corrected chi connectivity index (χ1v) is 8.07. The molecule has 5 nitrogen and oxygen atoms in total. The van der Waals surface area contributed by atoms with Gasteiger partial charge < -0.3 is 15.0 Å². The predicted octanol–water partition coefficient (Wildman–Crippen LogP) is 2.45. The monoisotopic (exact) mass is 323 g/mol. The summed E-state index contributed by atoms with van der Waals surface area (Å²) in [6.07, 6.45) is 2.47. The van der Waals surface area contributed by atoms with Crippen molar-refractivity contribution in [1.29, 1.82) is 0 Å². The van der Waals surface area contributed by atoms with Crippen molar-refractivity contribution in [1.82, 2.24) is 14.9 Å². The van der Waals surface area contributed by atoms with Crippen molar-refractivity contribution in [3.05, 3.63) is 66.0 Å². The van der Waals surface area contributed by atoms with Crippen molar-refractivity contribution >= 4 is 16.9 Å². The van der Waals surface area contributed by atoms with Crippen molar-refractivity contribution in [2.75, 3.05) is 6.54 Å². The van der Waals surface area contributed by atoms with E-state index in [9.17, 15) is 4.79 Å². The highest BCUT2D eigenvalue weighted by molar-refractivity contribution is 5.83. The summed E-state index contributed by atoms with van der Waals surface area (Å²) in [5, 5.41) is 12.0. The van der Waals surface area contributed by atoms with Gasteiger partial charge in [0, 0.05) is 6.54 Å². The molecule has 3 rings (SSSR count). The first kappa shape index (κ1) is 16.2. The van der Waals surface area contributed by atoms with Crippen LogP contribution in [0.25, 0.3) is 11.0 Å². The topological polar surface area (TPSA) is 67.2 Å². The smallest absolute Gasteiger partial charge is 0.242 e. The summed E-state index contributed by atoms with van der Waals surface area (Å²) in [7, 11) is 0. The average molecular weight is 323 g/mol. The van der Waals surface area contributed by atoms with Gasteiger partial charge >= 0.3 is 0 Å². The fraction of sp³-hybridized carbons (Fsp3) is 0.263. The lowest BCUT2D eigenvalue weighted by Gasteiger charge is -2.14. The molecule has 0 radical (unpaired) electrons. The number of aliphatic hydroxyl groups excluding tert-OH is 1. The summed E-state index contributed by atoms with van der Waals surface area (Å²) in [6.45, 7) is 2.50. The number of aromatic nitrogens is 2. The van der Waals surface area contributed by atoms with Gasteiger partial charge in [-0.25, -0.2) is 4.98 Å². The lowest BCUT2D eigenvalue weighted by molar-refractivity contribution is -0.123. The minimum Gasteiger partial charge on any atom is -0.392 e. The van der Waals surface area contributed by atoms with Gasteiger partial charge in [-0.05, 0) is 36.6 Å². The van der Waals surface area contributed by atoms with Crippen molar-refractivity contribution < 1.29 is 9.90 Å². The summed E-state index contributed by atoms with van der Waals surface area (Å²) in [5.41, 5.74) is 3.87. The standard InChI is InChI=1S/C19H21N3O2/c1-14(22-13-21-17-4-2-3-5-18(17)22)19(24)20-11-10-15-6-8-16(12-23)9-7-15/h2-9,13-14,23H,10-12H2,1H3,(H,20,24). The Balaban J connectivity index is 1.58. The number of para-hydroxylation sites is 2. The maximum atomic E-state index is 12.4. The Morgan fingerprint density at radius 3 is 2.62 bits per heavy atom. The van der Waals surface area contributed by atoms with E-state index in [4.69, 9.17) is 5.11 Å². The second-order valence-electron chi connectivity index (χ2n) is 5.83. The van der Waals surface area contributed by atoms with E-state index in [0.29, 0.717) is 6.54 Å². The number of rotatable bonds is 6. The van der Waals surface area contributed by atoms with Crippen LogP contribution in [0.15, 0.2) is 54.9 Å². The molecule has 1 amide bonds. The molecular formula is C19H21N3O2. The molecule has 0 spiro atoms. The lowest BCUT2D eigenvalue weighted by Crippen LogP contribution is -2.32. The normalized spacial score (nSPS) is 12.2. The van der Waals surface area contributed by atoms with Gasteiger partial charge in [0.1, 0.15) is 6.04 Å². The third-order valence-electron chi connectivity index (χ3n) is 4.20. The number of aliphatic hydroxyl groups is 1. The number of imidazole rings is 1. The SMILES string of the molecule is CC(C(=O)NCCc1ccc(CO)cc1)n1cnc2ccccc21. The molecule has 124 valence electrons. The summed E-state index contributed by atoms with van der Waals surface area (Å²) >= 11 is 0. The van der Waals surface area contributed by atoms with Gasteiger partial charge in [0.05, 0.1) is 24.0 Å². The zero-order valence-corrected chi connectivity index (χ0v) is 13.6. The molecule has 0 aliphatic heterocycles. The molecule has 0 fully saturated rings. The Labute approximate surface area is 141 Å². The number of hydrogen-bond acceptors (Lipinski definition) is 3. The Kier molecular flexibility index (Phi) is 4.91. The Morgan fingerprint density at radius 1 is 1.17 bits per heavy atom. The van der Waals surface area contributed by atoms with Crippen LogP contribution in [0, 0.1) is 0 Å². The lowest BCUT2D eigenvalue weighted by atomic mass is 10.1. The zero-order chi connectivity index (χ0) is 16.9. The Bertz CT molecular complexity index is 824. The van der Waals surface area contributed by atoms with E-state index >= 15 is 0 Å². The quantitative estimate of drug-likeness (QED) is 0.732. The number of nitrogens with zero attached hydrogens (tertiary/aromatic N) is 2. The van der Waals surface area contributed by atoms with Crippen molar-refractivity contribution in [3.8, 4) is 0 Å². The molecule has 24 heavy (non-hydrogen) atoms. The van der Waals surface area contributed by atoms with Gasteiger partial charge in [-0.2, -0.15) is 0 Å². The molecule has 2 aromatic carbocycles. The van der Waals surface area contributed by atoms with Crippen LogP contribution in [0.3, 0.4) is 0 Å². The Morgan fingerprint density at radius 2 is 1.88 bits per heavy atom. The molecule has 1 aromatic heterocycles. The number of benzene rings is 2. The minimum atomic E-state index is -0.311. The summed E-state index contributed by atoms with van der Waals surface area (Å²) in [4.78, 5) is 16.7. The van der Waals surface area contributed by atoms with E-state index in [2.05, 4.69) is 10.3 Å².